The third-order valence-corrected chi connectivity index (χ3v) is 3.89. The van der Waals surface area contributed by atoms with Crippen molar-refractivity contribution in [1.82, 2.24) is 9.97 Å². The molecule has 5 heteroatoms. The largest absolute Gasteiger partial charge is 0.381 e. The van der Waals surface area contributed by atoms with Crippen molar-refractivity contribution in [3.05, 3.63) is 57.8 Å². The molecule has 1 aromatic carbocycles. The Bertz CT molecular complexity index is 693. The van der Waals surface area contributed by atoms with Crippen LogP contribution in [0.25, 0.3) is 10.8 Å². The fourth-order valence-corrected chi connectivity index (χ4v) is 2.82. The smallest absolute Gasteiger partial charge is 0.133 e. The van der Waals surface area contributed by atoms with E-state index in [1.165, 1.54) is 11.3 Å². The minimum absolute atomic E-state index is 0.567. The average molecular weight is 277 g/mol. The van der Waals surface area contributed by atoms with Crippen LogP contribution in [0, 0.1) is 0 Å². The standard InChI is InChI=1S/C13H9ClN2OS/c14-11-7-16-13(18-11)12(17)10-6-15-5-8-3-1-2-4-9(8)10/h1-7,12,17H. The Balaban J connectivity index is 2.14. The molecule has 0 amide bonds. The van der Waals surface area contributed by atoms with Crippen LogP contribution >= 0.6 is 22.9 Å². The maximum absolute atomic E-state index is 10.4. The van der Waals surface area contributed by atoms with E-state index in [0.29, 0.717) is 9.34 Å². The van der Waals surface area contributed by atoms with E-state index in [1.807, 2.05) is 24.3 Å². The van der Waals surface area contributed by atoms with Crippen LogP contribution in [0.2, 0.25) is 4.34 Å². The molecule has 0 aliphatic carbocycles. The number of hydrogen-bond donors (Lipinski definition) is 1. The van der Waals surface area contributed by atoms with Crippen LogP contribution in [0.15, 0.2) is 42.9 Å². The van der Waals surface area contributed by atoms with Gasteiger partial charge in [-0.15, -0.1) is 11.3 Å². The quantitative estimate of drug-likeness (QED) is 0.780. The summed E-state index contributed by atoms with van der Waals surface area (Å²) in [6.45, 7) is 0. The van der Waals surface area contributed by atoms with Gasteiger partial charge in [-0.2, -0.15) is 0 Å². The molecule has 0 saturated carbocycles. The van der Waals surface area contributed by atoms with Crippen molar-refractivity contribution < 1.29 is 5.11 Å². The van der Waals surface area contributed by atoms with E-state index in [4.69, 9.17) is 11.6 Å². The molecular weight excluding hydrogens is 268 g/mol. The van der Waals surface area contributed by atoms with Gasteiger partial charge >= 0.3 is 0 Å². The van der Waals surface area contributed by atoms with Gasteiger partial charge in [0.05, 0.1) is 6.20 Å². The molecule has 1 N–H and O–H groups in total. The van der Waals surface area contributed by atoms with E-state index in [-0.39, 0.29) is 0 Å². The highest BCUT2D eigenvalue weighted by atomic mass is 35.5. The van der Waals surface area contributed by atoms with Gasteiger partial charge in [-0.1, -0.05) is 35.9 Å². The second-order valence-electron chi connectivity index (χ2n) is 3.86. The zero-order valence-corrected chi connectivity index (χ0v) is 10.8. The number of fused-ring (bicyclic) bond motifs is 1. The van der Waals surface area contributed by atoms with Gasteiger partial charge in [-0.25, -0.2) is 4.98 Å². The monoisotopic (exact) mass is 276 g/mol. The van der Waals surface area contributed by atoms with E-state index >= 15 is 0 Å². The lowest BCUT2D eigenvalue weighted by Gasteiger charge is -2.10. The van der Waals surface area contributed by atoms with Crippen LogP contribution in [-0.4, -0.2) is 15.1 Å². The lowest BCUT2D eigenvalue weighted by molar-refractivity contribution is 0.221. The summed E-state index contributed by atoms with van der Waals surface area (Å²) in [5, 5.41) is 12.9. The number of thiazole rings is 1. The number of pyridine rings is 1. The molecule has 0 fully saturated rings. The lowest BCUT2D eigenvalue weighted by atomic mass is 10.0. The SMILES string of the molecule is OC(c1ncc(Cl)s1)c1cncc2ccccc12. The predicted octanol–water partition coefficient (Wildman–Crippen LogP) is 3.43. The molecule has 3 aromatic rings. The topological polar surface area (TPSA) is 46.0 Å². The summed E-state index contributed by atoms with van der Waals surface area (Å²) in [5.41, 5.74) is 0.749. The molecule has 3 nitrogen and oxygen atoms in total. The summed E-state index contributed by atoms with van der Waals surface area (Å²) in [5.74, 6) is 0. The number of nitrogens with zero attached hydrogens (tertiary/aromatic N) is 2. The van der Waals surface area contributed by atoms with Crippen LogP contribution in [0.3, 0.4) is 0 Å². The molecule has 1 unspecified atom stereocenters. The van der Waals surface area contributed by atoms with Gasteiger partial charge in [0.2, 0.25) is 0 Å². The van der Waals surface area contributed by atoms with Crippen LogP contribution in [0.5, 0.6) is 0 Å². The van der Waals surface area contributed by atoms with Crippen molar-refractivity contribution in [2.24, 2.45) is 0 Å². The van der Waals surface area contributed by atoms with Gasteiger partial charge in [0, 0.05) is 23.3 Å². The summed E-state index contributed by atoms with van der Waals surface area (Å²) >= 11 is 7.12. The van der Waals surface area contributed by atoms with E-state index in [2.05, 4.69) is 9.97 Å². The summed E-state index contributed by atoms with van der Waals surface area (Å²) in [4.78, 5) is 8.26. The van der Waals surface area contributed by atoms with Gasteiger partial charge in [-0.05, 0) is 5.39 Å². The molecule has 0 aliphatic rings. The molecule has 18 heavy (non-hydrogen) atoms. The number of hydrogen-bond acceptors (Lipinski definition) is 4. The zero-order chi connectivity index (χ0) is 12.5. The molecule has 0 radical (unpaired) electrons. The summed E-state index contributed by atoms with van der Waals surface area (Å²) < 4.78 is 0.567. The van der Waals surface area contributed by atoms with Gasteiger partial charge in [0.25, 0.3) is 0 Å². The molecule has 0 bridgehead atoms. The molecule has 0 aliphatic heterocycles. The highest BCUT2D eigenvalue weighted by Gasteiger charge is 2.17. The fourth-order valence-electron chi connectivity index (χ4n) is 1.88. The molecule has 2 aromatic heterocycles. The van der Waals surface area contributed by atoms with E-state index in [0.717, 1.165) is 16.3 Å². The number of aliphatic hydroxyl groups is 1. The molecule has 1 atom stereocenters. The number of halogens is 1. The summed E-state index contributed by atoms with van der Waals surface area (Å²) in [7, 11) is 0. The Morgan fingerprint density at radius 1 is 1.17 bits per heavy atom. The second-order valence-corrected chi connectivity index (χ2v) is 5.55. The molecule has 90 valence electrons. The Hall–Kier alpha value is -1.49. The van der Waals surface area contributed by atoms with E-state index in [9.17, 15) is 5.11 Å². The predicted molar refractivity (Wildman–Crippen MR) is 72.9 cm³/mol. The van der Waals surface area contributed by atoms with Crippen molar-refractivity contribution >= 4 is 33.7 Å². The Labute approximate surface area is 113 Å². The van der Waals surface area contributed by atoms with Crippen LogP contribution in [-0.2, 0) is 0 Å². The molecule has 2 heterocycles. The molecular formula is C13H9ClN2OS. The number of aliphatic hydroxyl groups excluding tert-OH is 1. The van der Waals surface area contributed by atoms with Crippen molar-refractivity contribution in [3.63, 3.8) is 0 Å². The minimum Gasteiger partial charge on any atom is -0.381 e. The minimum atomic E-state index is -0.791. The average Bonchev–Trinajstić information content (AvgIpc) is 2.84. The molecule has 3 rings (SSSR count). The highest BCUT2D eigenvalue weighted by Crippen LogP contribution is 2.31. The fraction of sp³-hybridized carbons (Fsp3) is 0.0769. The molecule has 0 saturated heterocycles. The zero-order valence-electron chi connectivity index (χ0n) is 9.25. The van der Waals surface area contributed by atoms with Crippen LogP contribution < -0.4 is 0 Å². The van der Waals surface area contributed by atoms with Gasteiger partial charge in [0.1, 0.15) is 15.4 Å². The first-order valence-electron chi connectivity index (χ1n) is 5.37. The Kier molecular flexibility index (Phi) is 2.99. The summed E-state index contributed by atoms with van der Waals surface area (Å²) in [6.07, 6.45) is 4.20. The maximum atomic E-state index is 10.4. The third-order valence-electron chi connectivity index (χ3n) is 2.72. The third kappa shape index (κ3) is 1.99. The lowest BCUT2D eigenvalue weighted by Crippen LogP contribution is -2.00. The maximum Gasteiger partial charge on any atom is 0.133 e. The van der Waals surface area contributed by atoms with Crippen molar-refractivity contribution in [2.45, 2.75) is 6.10 Å². The number of rotatable bonds is 2. The number of benzene rings is 1. The van der Waals surface area contributed by atoms with E-state index < -0.39 is 6.10 Å². The van der Waals surface area contributed by atoms with Crippen molar-refractivity contribution in [3.8, 4) is 0 Å². The molecule has 0 spiro atoms. The normalized spacial score (nSPS) is 12.8. The highest BCUT2D eigenvalue weighted by molar-refractivity contribution is 7.15. The second kappa shape index (κ2) is 4.65. The van der Waals surface area contributed by atoms with Gasteiger partial charge in [-0.3, -0.25) is 4.98 Å². The van der Waals surface area contributed by atoms with E-state index in [1.54, 1.807) is 18.6 Å². The van der Waals surface area contributed by atoms with Crippen LogP contribution in [0.1, 0.15) is 16.7 Å². The first kappa shape index (κ1) is 11.6. The van der Waals surface area contributed by atoms with Gasteiger partial charge < -0.3 is 5.11 Å². The van der Waals surface area contributed by atoms with Crippen LogP contribution in [0.4, 0.5) is 0 Å². The first-order chi connectivity index (χ1) is 8.75. The van der Waals surface area contributed by atoms with Gasteiger partial charge in [0.15, 0.2) is 0 Å². The number of aromatic nitrogens is 2. The first-order valence-corrected chi connectivity index (χ1v) is 6.57. The Morgan fingerprint density at radius 3 is 2.78 bits per heavy atom. The summed E-state index contributed by atoms with van der Waals surface area (Å²) in [6, 6.07) is 7.81. The van der Waals surface area contributed by atoms with Crippen molar-refractivity contribution in [2.75, 3.05) is 0 Å². The van der Waals surface area contributed by atoms with Crippen molar-refractivity contribution in [1.29, 1.82) is 0 Å². The Morgan fingerprint density at radius 2 is 2.00 bits per heavy atom.